The van der Waals surface area contributed by atoms with Crippen molar-refractivity contribution in [2.24, 2.45) is 0 Å². The summed E-state index contributed by atoms with van der Waals surface area (Å²) in [5.74, 6) is -1.11. The maximum Gasteiger partial charge on any atom is 0.397 e. The van der Waals surface area contributed by atoms with Crippen molar-refractivity contribution >= 4 is 38.4 Å². The van der Waals surface area contributed by atoms with Crippen LogP contribution in [0, 0.1) is 0 Å². The Bertz CT molecular complexity index is 628. The van der Waals surface area contributed by atoms with Crippen LogP contribution in [0.25, 0.3) is 10.9 Å². The molecular formula is C12H8BrF3N2O. The summed E-state index contributed by atoms with van der Waals surface area (Å²) in [5, 5.41) is 2.95. The molecule has 1 heterocycles. The second-order valence-electron chi connectivity index (χ2n) is 3.87. The Morgan fingerprint density at radius 1 is 1.37 bits per heavy atom. The van der Waals surface area contributed by atoms with Gasteiger partial charge >= 0.3 is 6.18 Å². The number of pyridine rings is 1. The van der Waals surface area contributed by atoms with Gasteiger partial charge in [0, 0.05) is 16.1 Å². The van der Waals surface area contributed by atoms with Crippen molar-refractivity contribution < 1.29 is 18.0 Å². The highest BCUT2D eigenvalue weighted by molar-refractivity contribution is 9.10. The highest BCUT2D eigenvalue weighted by atomic mass is 79.9. The molecule has 1 N–H and O–H groups in total. The van der Waals surface area contributed by atoms with Gasteiger partial charge in [0.2, 0.25) is 5.91 Å². The van der Waals surface area contributed by atoms with Gasteiger partial charge in [-0.15, -0.1) is 0 Å². The maximum absolute atomic E-state index is 12.1. The van der Waals surface area contributed by atoms with Crippen LogP contribution < -0.4 is 5.32 Å². The average molecular weight is 333 g/mol. The summed E-state index contributed by atoms with van der Waals surface area (Å²) in [6.07, 6.45) is -4.52. The van der Waals surface area contributed by atoms with Gasteiger partial charge in [-0.3, -0.25) is 9.78 Å². The van der Waals surface area contributed by atoms with Crippen LogP contribution in [0.2, 0.25) is 0 Å². The van der Waals surface area contributed by atoms with Gasteiger partial charge in [-0.05, 0) is 28.1 Å². The van der Waals surface area contributed by atoms with Gasteiger partial charge < -0.3 is 5.32 Å². The number of rotatable bonds is 2. The molecule has 0 fully saturated rings. The van der Waals surface area contributed by atoms with Crippen LogP contribution >= 0.6 is 15.9 Å². The molecule has 3 nitrogen and oxygen atoms in total. The summed E-state index contributed by atoms with van der Waals surface area (Å²) in [6, 6.07) is 6.67. The summed E-state index contributed by atoms with van der Waals surface area (Å²) in [4.78, 5) is 15.4. The number of hydrogen-bond donors (Lipinski definition) is 1. The molecule has 1 amide bonds. The number of anilines is 1. The Kier molecular flexibility index (Phi) is 3.75. The van der Waals surface area contributed by atoms with Crippen LogP contribution in [-0.2, 0) is 4.79 Å². The average Bonchev–Trinajstić information content (AvgIpc) is 2.26. The van der Waals surface area contributed by atoms with Crippen LogP contribution in [-0.4, -0.2) is 17.1 Å². The van der Waals surface area contributed by atoms with E-state index >= 15 is 0 Å². The molecule has 0 radical (unpaired) electrons. The maximum atomic E-state index is 12.1. The molecule has 1 aromatic heterocycles. The third kappa shape index (κ3) is 3.66. The quantitative estimate of drug-likeness (QED) is 0.906. The number of amides is 1. The Balaban J connectivity index is 2.28. The van der Waals surface area contributed by atoms with Crippen LogP contribution in [0.3, 0.4) is 0 Å². The zero-order chi connectivity index (χ0) is 14.0. The number of nitrogens with one attached hydrogen (secondary N) is 1. The molecule has 0 unspecified atom stereocenters. The first-order chi connectivity index (χ1) is 8.85. The number of carbonyl (C=O) groups excluding carboxylic acids is 1. The molecule has 2 rings (SSSR count). The van der Waals surface area contributed by atoms with Gasteiger partial charge in [0.1, 0.15) is 6.42 Å². The van der Waals surface area contributed by atoms with E-state index in [0.717, 1.165) is 9.86 Å². The second-order valence-corrected chi connectivity index (χ2v) is 4.79. The van der Waals surface area contributed by atoms with Gasteiger partial charge in [0.25, 0.3) is 0 Å². The predicted octanol–water partition coefficient (Wildman–Crippen LogP) is 3.89. The SMILES string of the molecule is O=C(CC(F)(F)F)Nc1cccc2cc(Br)cnc12. The molecule has 100 valence electrons. The molecule has 0 saturated heterocycles. The molecule has 19 heavy (non-hydrogen) atoms. The molecule has 0 aliphatic carbocycles. The van der Waals surface area contributed by atoms with E-state index < -0.39 is 18.5 Å². The van der Waals surface area contributed by atoms with Gasteiger partial charge in [0.15, 0.2) is 0 Å². The number of para-hydroxylation sites is 1. The van der Waals surface area contributed by atoms with Gasteiger partial charge in [-0.1, -0.05) is 12.1 Å². The van der Waals surface area contributed by atoms with Crippen LogP contribution in [0.1, 0.15) is 6.42 Å². The number of benzene rings is 1. The largest absolute Gasteiger partial charge is 0.397 e. The highest BCUT2D eigenvalue weighted by Gasteiger charge is 2.31. The molecule has 0 spiro atoms. The molecule has 0 aliphatic heterocycles. The minimum absolute atomic E-state index is 0.263. The van der Waals surface area contributed by atoms with E-state index in [1.54, 1.807) is 18.2 Å². The van der Waals surface area contributed by atoms with Crippen molar-refractivity contribution in [2.45, 2.75) is 12.6 Å². The summed E-state index contributed by atoms with van der Waals surface area (Å²) in [5.41, 5.74) is 0.709. The fraction of sp³-hybridized carbons (Fsp3) is 0.167. The Morgan fingerprint density at radius 3 is 2.79 bits per heavy atom. The number of aromatic nitrogens is 1. The van der Waals surface area contributed by atoms with Crippen LogP contribution in [0.4, 0.5) is 18.9 Å². The third-order valence-corrected chi connectivity index (χ3v) is 2.75. The standard InChI is InChI=1S/C12H8BrF3N2O/c13-8-4-7-2-1-3-9(11(7)17-6-8)18-10(19)5-12(14,15)16/h1-4,6H,5H2,(H,18,19). The fourth-order valence-corrected chi connectivity index (χ4v) is 1.96. The molecular weight excluding hydrogens is 325 g/mol. The van der Waals surface area contributed by atoms with E-state index in [-0.39, 0.29) is 5.69 Å². The van der Waals surface area contributed by atoms with Crippen molar-refractivity contribution in [1.82, 2.24) is 4.98 Å². The number of carbonyl (C=O) groups is 1. The Labute approximate surface area is 115 Å². The molecule has 2 aromatic rings. The Morgan fingerprint density at radius 2 is 2.11 bits per heavy atom. The monoisotopic (exact) mass is 332 g/mol. The lowest BCUT2D eigenvalue weighted by atomic mass is 10.2. The number of fused-ring (bicyclic) bond motifs is 1. The van der Waals surface area contributed by atoms with Crippen molar-refractivity contribution in [2.75, 3.05) is 5.32 Å². The van der Waals surface area contributed by atoms with Crippen molar-refractivity contribution in [3.05, 3.63) is 34.9 Å². The lowest BCUT2D eigenvalue weighted by Gasteiger charge is -2.09. The molecule has 0 bridgehead atoms. The van der Waals surface area contributed by atoms with Crippen LogP contribution in [0.5, 0.6) is 0 Å². The summed E-state index contributed by atoms with van der Waals surface area (Å²) < 4.78 is 37.0. The molecule has 1 aromatic carbocycles. The van der Waals surface area contributed by atoms with Crippen LogP contribution in [0.15, 0.2) is 34.9 Å². The number of halogens is 4. The lowest BCUT2D eigenvalue weighted by molar-refractivity contribution is -0.150. The smallest absolute Gasteiger partial charge is 0.324 e. The summed E-state index contributed by atoms with van der Waals surface area (Å²) in [7, 11) is 0. The first-order valence-electron chi connectivity index (χ1n) is 5.26. The minimum Gasteiger partial charge on any atom is -0.324 e. The number of hydrogen-bond acceptors (Lipinski definition) is 2. The van der Waals surface area contributed by atoms with E-state index in [0.29, 0.717) is 5.52 Å². The highest BCUT2D eigenvalue weighted by Crippen LogP contribution is 2.25. The van der Waals surface area contributed by atoms with Gasteiger partial charge in [-0.2, -0.15) is 13.2 Å². The Hall–Kier alpha value is -1.63. The third-order valence-electron chi connectivity index (χ3n) is 2.31. The first-order valence-corrected chi connectivity index (χ1v) is 6.05. The normalized spacial score (nSPS) is 11.6. The lowest BCUT2D eigenvalue weighted by Crippen LogP contribution is -2.21. The second kappa shape index (κ2) is 5.16. The number of nitrogens with zero attached hydrogens (tertiary/aromatic N) is 1. The topological polar surface area (TPSA) is 42.0 Å². The fourth-order valence-electron chi connectivity index (χ4n) is 1.61. The molecule has 0 saturated carbocycles. The molecule has 7 heteroatoms. The van der Waals surface area contributed by atoms with Crippen molar-refractivity contribution in [3.63, 3.8) is 0 Å². The number of alkyl halides is 3. The van der Waals surface area contributed by atoms with Gasteiger partial charge in [0.05, 0.1) is 11.2 Å². The van der Waals surface area contributed by atoms with Crippen molar-refractivity contribution in [1.29, 1.82) is 0 Å². The zero-order valence-electron chi connectivity index (χ0n) is 9.46. The molecule has 0 atom stereocenters. The molecule has 0 aliphatic rings. The van der Waals surface area contributed by atoms with E-state index in [2.05, 4.69) is 26.2 Å². The van der Waals surface area contributed by atoms with Gasteiger partial charge in [-0.25, -0.2) is 0 Å². The predicted molar refractivity (Wildman–Crippen MR) is 68.7 cm³/mol. The van der Waals surface area contributed by atoms with E-state index in [4.69, 9.17) is 0 Å². The van der Waals surface area contributed by atoms with E-state index in [1.807, 2.05) is 0 Å². The summed E-state index contributed by atoms with van der Waals surface area (Å²) in [6.45, 7) is 0. The van der Waals surface area contributed by atoms with E-state index in [1.165, 1.54) is 12.3 Å². The first kappa shape index (κ1) is 13.8. The van der Waals surface area contributed by atoms with Crippen molar-refractivity contribution in [3.8, 4) is 0 Å². The van der Waals surface area contributed by atoms with E-state index in [9.17, 15) is 18.0 Å². The minimum atomic E-state index is -4.52. The zero-order valence-corrected chi connectivity index (χ0v) is 11.0. The summed E-state index contributed by atoms with van der Waals surface area (Å²) >= 11 is 3.25.